The van der Waals surface area contributed by atoms with Gasteiger partial charge in [-0.15, -0.1) is 0 Å². The molecule has 1 aromatic carbocycles. The minimum atomic E-state index is -0.0529. The maximum atomic E-state index is 11.5. The third-order valence-corrected chi connectivity index (χ3v) is 3.91. The molecule has 1 N–H and O–H groups in total. The quantitative estimate of drug-likeness (QED) is 0.742. The van der Waals surface area contributed by atoms with Crippen LogP contribution in [-0.4, -0.2) is 25.7 Å². The van der Waals surface area contributed by atoms with E-state index < -0.39 is 0 Å². The summed E-state index contributed by atoms with van der Waals surface area (Å²) >= 11 is 0. The van der Waals surface area contributed by atoms with Gasteiger partial charge in [0.05, 0.1) is 22.5 Å². The monoisotopic (exact) mass is 321 g/mol. The number of nitrogens with zero attached hydrogens (tertiary/aromatic N) is 4. The molecule has 0 atom stereocenters. The highest BCUT2D eigenvalue weighted by Crippen LogP contribution is 2.23. The number of aromatic nitrogens is 4. The maximum Gasteiger partial charge on any atom is 0.230 e. The van der Waals surface area contributed by atoms with Gasteiger partial charge in [0.2, 0.25) is 11.9 Å². The van der Waals surface area contributed by atoms with Crippen LogP contribution in [0, 0.1) is 27.7 Å². The predicted octanol–water partition coefficient (Wildman–Crippen LogP) is 3.60. The number of carbonyl (C=O) groups excluding carboxylic acids is 1. The zero-order valence-corrected chi connectivity index (χ0v) is 14.4. The SMILES string of the molecule is CC(=O)c1cnc(Nc2nc(C)c3cc(C)cc(C)c3n2)nc1C. The fourth-order valence-corrected chi connectivity index (χ4v) is 2.76. The number of benzene rings is 1. The summed E-state index contributed by atoms with van der Waals surface area (Å²) in [6.07, 6.45) is 1.52. The molecule has 0 aliphatic heterocycles. The molecule has 0 aliphatic carbocycles. The molecule has 0 saturated heterocycles. The molecule has 6 heteroatoms. The average molecular weight is 321 g/mol. The van der Waals surface area contributed by atoms with Crippen LogP contribution in [0.15, 0.2) is 18.3 Å². The zero-order chi connectivity index (χ0) is 17.4. The largest absolute Gasteiger partial charge is 0.294 e. The van der Waals surface area contributed by atoms with E-state index in [9.17, 15) is 4.79 Å². The summed E-state index contributed by atoms with van der Waals surface area (Å²) in [5.74, 6) is 0.769. The van der Waals surface area contributed by atoms with Gasteiger partial charge in [-0.25, -0.2) is 19.9 Å². The summed E-state index contributed by atoms with van der Waals surface area (Å²) in [6, 6.07) is 4.19. The van der Waals surface area contributed by atoms with Crippen molar-refractivity contribution in [3.63, 3.8) is 0 Å². The summed E-state index contributed by atoms with van der Waals surface area (Å²) in [5, 5.41) is 4.07. The molecule has 24 heavy (non-hydrogen) atoms. The van der Waals surface area contributed by atoms with Gasteiger partial charge in [-0.2, -0.15) is 0 Å². The second kappa shape index (κ2) is 5.96. The second-order valence-electron chi connectivity index (χ2n) is 5.98. The fourth-order valence-electron chi connectivity index (χ4n) is 2.76. The summed E-state index contributed by atoms with van der Waals surface area (Å²) in [4.78, 5) is 29.0. The van der Waals surface area contributed by atoms with E-state index in [1.807, 2.05) is 13.8 Å². The van der Waals surface area contributed by atoms with E-state index in [1.54, 1.807) is 6.92 Å². The van der Waals surface area contributed by atoms with Crippen molar-refractivity contribution in [2.45, 2.75) is 34.6 Å². The van der Waals surface area contributed by atoms with Crippen LogP contribution in [0.25, 0.3) is 10.9 Å². The highest BCUT2D eigenvalue weighted by Gasteiger charge is 2.11. The molecule has 0 spiro atoms. The molecule has 2 heterocycles. The van der Waals surface area contributed by atoms with E-state index in [1.165, 1.54) is 18.7 Å². The van der Waals surface area contributed by atoms with Crippen LogP contribution in [0.5, 0.6) is 0 Å². The van der Waals surface area contributed by atoms with Crippen molar-refractivity contribution in [1.29, 1.82) is 0 Å². The van der Waals surface area contributed by atoms with Gasteiger partial charge in [-0.1, -0.05) is 11.6 Å². The Morgan fingerprint density at radius 2 is 1.67 bits per heavy atom. The number of anilines is 2. The molecule has 6 nitrogen and oxygen atoms in total. The van der Waals surface area contributed by atoms with Crippen molar-refractivity contribution in [3.05, 3.63) is 46.4 Å². The zero-order valence-electron chi connectivity index (χ0n) is 14.4. The standard InChI is InChI=1S/C18H19N5O/c1-9-6-10(2)16-14(7-9)11(3)21-18(22-16)23-17-19-8-15(13(5)24)12(4)20-17/h6-8H,1-5H3,(H,19,20,21,22,23). The first-order valence-corrected chi connectivity index (χ1v) is 7.72. The Balaban J connectivity index is 2.02. The molecular weight excluding hydrogens is 302 g/mol. The Morgan fingerprint density at radius 3 is 2.33 bits per heavy atom. The molecule has 0 unspecified atom stereocenters. The molecule has 0 fully saturated rings. The Hall–Kier alpha value is -2.89. The number of nitrogens with one attached hydrogen (secondary N) is 1. The molecular formula is C18H19N5O. The summed E-state index contributed by atoms with van der Waals surface area (Å²) in [5.41, 5.74) is 5.24. The first kappa shape index (κ1) is 16.0. The van der Waals surface area contributed by atoms with Crippen LogP contribution in [0.2, 0.25) is 0 Å². The molecule has 3 rings (SSSR count). The van der Waals surface area contributed by atoms with Crippen molar-refractivity contribution >= 4 is 28.6 Å². The van der Waals surface area contributed by atoms with Crippen molar-refractivity contribution < 1.29 is 4.79 Å². The highest BCUT2D eigenvalue weighted by molar-refractivity contribution is 5.94. The van der Waals surface area contributed by atoms with Gasteiger partial charge < -0.3 is 0 Å². The second-order valence-corrected chi connectivity index (χ2v) is 5.98. The summed E-state index contributed by atoms with van der Waals surface area (Å²) in [7, 11) is 0. The third kappa shape index (κ3) is 2.95. The number of rotatable bonds is 3. The molecule has 2 aromatic heterocycles. The van der Waals surface area contributed by atoms with E-state index in [4.69, 9.17) is 0 Å². The maximum absolute atomic E-state index is 11.5. The van der Waals surface area contributed by atoms with Gasteiger partial charge in [-0.05, 0) is 46.2 Å². The van der Waals surface area contributed by atoms with Crippen molar-refractivity contribution in [2.75, 3.05) is 5.32 Å². The van der Waals surface area contributed by atoms with Gasteiger partial charge in [0, 0.05) is 11.6 Å². The van der Waals surface area contributed by atoms with Gasteiger partial charge >= 0.3 is 0 Å². The van der Waals surface area contributed by atoms with E-state index in [0.29, 0.717) is 23.2 Å². The number of hydrogen-bond acceptors (Lipinski definition) is 6. The molecule has 0 saturated carbocycles. The summed E-state index contributed by atoms with van der Waals surface area (Å²) < 4.78 is 0. The first-order chi connectivity index (χ1) is 11.3. The third-order valence-electron chi connectivity index (χ3n) is 3.91. The van der Waals surface area contributed by atoms with Crippen LogP contribution in [0.1, 0.15) is 39.8 Å². The molecule has 0 bridgehead atoms. The Labute approximate surface area is 140 Å². The Bertz CT molecular complexity index is 965. The lowest BCUT2D eigenvalue weighted by Crippen LogP contribution is -2.07. The highest BCUT2D eigenvalue weighted by atomic mass is 16.1. The van der Waals surface area contributed by atoms with Gasteiger partial charge in [0.25, 0.3) is 0 Å². The Kier molecular flexibility index (Phi) is 3.97. The first-order valence-electron chi connectivity index (χ1n) is 7.72. The number of ketones is 1. The topological polar surface area (TPSA) is 80.7 Å². The molecule has 3 aromatic rings. The molecule has 122 valence electrons. The normalized spacial score (nSPS) is 10.9. The number of Topliss-reactive ketones (excluding diaryl/α,β-unsaturated/α-hetero) is 1. The van der Waals surface area contributed by atoms with Gasteiger partial charge in [0.1, 0.15) is 0 Å². The van der Waals surface area contributed by atoms with E-state index in [2.05, 4.69) is 44.3 Å². The van der Waals surface area contributed by atoms with Crippen LogP contribution in [0.3, 0.4) is 0 Å². The molecule has 0 aliphatic rings. The van der Waals surface area contributed by atoms with Crippen molar-refractivity contribution in [2.24, 2.45) is 0 Å². The fraction of sp³-hybridized carbons (Fsp3) is 0.278. The minimum absolute atomic E-state index is 0.0529. The Morgan fingerprint density at radius 1 is 0.958 bits per heavy atom. The van der Waals surface area contributed by atoms with Crippen LogP contribution < -0.4 is 5.32 Å². The number of hydrogen-bond donors (Lipinski definition) is 1. The van der Waals surface area contributed by atoms with E-state index in [0.717, 1.165) is 22.2 Å². The average Bonchev–Trinajstić information content (AvgIpc) is 2.48. The molecule has 0 amide bonds. The van der Waals surface area contributed by atoms with Gasteiger partial charge in [-0.3, -0.25) is 10.1 Å². The lowest BCUT2D eigenvalue weighted by atomic mass is 10.1. The smallest absolute Gasteiger partial charge is 0.230 e. The summed E-state index contributed by atoms with van der Waals surface area (Å²) in [6.45, 7) is 9.33. The minimum Gasteiger partial charge on any atom is -0.294 e. The lowest BCUT2D eigenvalue weighted by molar-refractivity contribution is 0.101. The molecule has 0 radical (unpaired) electrons. The predicted molar refractivity (Wildman–Crippen MR) is 93.8 cm³/mol. The van der Waals surface area contributed by atoms with Crippen LogP contribution in [0.4, 0.5) is 11.9 Å². The van der Waals surface area contributed by atoms with Crippen molar-refractivity contribution in [3.8, 4) is 0 Å². The lowest BCUT2D eigenvalue weighted by Gasteiger charge is -2.10. The van der Waals surface area contributed by atoms with E-state index in [-0.39, 0.29) is 5.78 Å². The van der Waals surface area contributed by atoms with E-state index >= 15 is 0 Å². The van der Waals surface area contributed by atoms with Crippen LogP contribution >= 0.6 is 0 Å². The van der Waals surface area contributed by atoms with Crippen LogP contribution in [-0.2, 0) is 0 Å². The number of fused-ring (bicyclic) bond motifs is 1. The van der Waals surface area contributed by atoms with Crippen molar-refractivity contribution in [1.82, 2.24) is 19.9 Å². The van der Waals surface area contributed by atoms with Gasteiger partial charge in [0.15, 0.2) is 5.78 Å². The number of aryl methyl sites for hydroxylation is 4. The number of carbonyl (C=O) groups is 1.